The lowest BCUT2D eigenvalue weighted by molar-refractivity contribution is 0.0696. The SMILES string of the molecule is Cc1occc1C(=O)Nc1ccc(C(=O)O)cn1. The molecule has 0 unspecified atom stereocenters. The van der Waals surface area contributed by atoms with Gasteiger partial charge in [0.1, 0.15) is 11.6 Å². The number of aryl methyl sites for hydroxylation is 1. The van der Waals surface area contributed by atoms with Crippen LogP contribution in [-0.2, 0) is 0 Å². The first kappa shape index (κ1) is 11.8. The van der Waals surface area contributed by atoms with Crippen LogP contribution in [0.1, 0.15) is 26.5 Å². The third-order valence-electron chi connectivity index (χ3n) is 2.36. The summed E-state index contributed by atoms with van der Waals surface area (Å²) < 4.78 is 5.01. The minimum Gasteiger partial charge on any atom is -0.478 e. The molecule has 92 valence electrons. The van der Waals surface area contributed by atoms with E-state index < -0.39 is 5.97 Å². The van der Waals surface area contributed by atoms with E-state index in [4.69, 9.17) is 9.52 Å². The number of anilines is 1. The predicted octanol–water partition coefficient (Wildman–Crippen LogP) is 1.93. The minimum absolute atomic E-state index is 0.0625. The molecule has 0 radical (unpaired) electrons. The number of carbonyl (C=O) groups is 2. The molecular weight excluding hydrogens is 236 g/mol. The molecule has 2 heterocycles. The zero-order valence-electron chi connectivity index (χ0n) is 9.51. The number of nitrogens with zero attached hydrogens (tertiary/aromatic N) is 1. The molecule has 0 aliphatic heterocycles. The Morgan fingerprint density at radius 2 is 2.11 bits per heavy atom. The van der Waals surface area contributed by atoms with Crippen LogP contribution in [0.5, 0.6) is 0 Å². The fourth-order valence-corrected chi connectivity index (χ4v) is 1.40. The van der Waals surface area contributed by atoms with Crippen LogP contribution in [0.2, 0.25) is 0 Å². The lowest BCUT2D eigenvalue weighted by Gasteiger charge is -2.03. The van der Waals surface area contributed by atoms with Crippen molar-refractivity contribution in [1.82, 2.24) is 4.98 Å². The van der Waals surface area contributed by atoms with Crippen LogP contribution < -0.4 is 5.32 Å². The van der Waals surface area contributed by atoms with Crippen LogP contribution in [0, 0.1) is 6.92 Å². The fourth-order valence-electron chi connectivity index (χ4n) is 1.40. The Labute approximate surface area is 102 Å². The molecule has 0 atom stereocenters. The number of carboxylic acid groups (broad SMARTS) is 1. The standard InChI is InChI=1S/C12H10N2O4/c1-7-9(4-5-18-7)11(15)14-10-3-2-8(6-13-10)12(16)17/h2-6H,1H3,(H,16,17)(H,13,14,15). The first-order valence-electron chi connectivity index (χ1n) is 5.12. The van der Waals surface area contributed by atoms with Crippen molar-refractivity contribution in [3.05, 3.63) is 47.5 Å². The number of carboxylic acids is 1. The summed E-state index contributed by atoms with van der Waals surface area (Å²) in [6, 6.07) is 4.35. The highest BCUT2D eigenvalue weighted by molar-refractivity contribution is 6.04. The van der Waals surface area contributed by atoms with Gasteiger partial charge in [0, 0.05) is 6.20 Å². The largest absolute Gasteiger partial charge is 0.478 e. The number of amides is 1. The number of furan rings is 1. The number of hydrogen-bond donors (Lipinski definition) is 2. The van der Waals surface area contributed by atoms with E-state index in [1.54, 1.807) is 13.0 Å². The van der Waals surface area contributed by atoms with Gasteiger partial charge in [0.2, 0.25) is 0 Å². The molecule has 0 aliphatic rings. The number of aromatic carboxylic acids is 1. The highest BCUT2D eigenvalue weighted by Crippen LogP contribution is 2.12. The van der Waals surface area contributed by atoms with Crippen molar-refractivity contribution < 1.29 is 19.1 Å². The van der Waals surface area contributed by atoms with E-state index in [1.165, 1.54) is 24.6 Å². The summed E-state index contributed by atoms with van der Waals surface area (Å²) in [6.45, 7) is 1.68. The molecule has 0 spiro atoms. The number of hydrogen-bond acceptors (Lipinski definition) is 4. The van der Waals surface area contributed by atoms with E-state index in [0.717, 1.165) is 0 Å². The van der Waals surface area contributed by atoms with Gasteiger partial charge in [-0.1, -0.05) is 0 Å². The Bertz CT molecular complexity index is 586. The molecule has 2 N–H and O–H groups in total. The second-order valence-corrected chi connectivity index (χ2v) is 3.58. The monoisotopic (exact) mass is 246 g/mol. The number of rotatable bonds is 3. The molecule has 2 aromatic rings. The quantitative estimate of drug-likeness (QED) is 0.863. The first-order valence-corrected chi connectivity index (χ1v) is 5.12. The molecule has 1 amide bonds. The number of pyridine rings is 1. The molecular formula is C12H10N2O4. The van der Waals surface area contributed by atoms with E-state index in [1.807, 2.05) is 0 Å². The lowest BCUT2D eigenvalue weighted by Crippen LogP contribution is -2.13. The summed E-state index contributed by atoms with van der Waals surface area (Å²) in [5, 5.41) is 11.3. The Morgan fingerprint density at radius 3 is 2.61 bits per heavy atom. The molecule has 0 aromatic carbocycles. The molecule has 18 heavy (non-hydrogen) atoms. The van der Waals surface area contributed by atoms with Crippen LogP contribution in [-0.4, -0.2) is 22.0 Å². The minimum atomic E-state index is -1.06. The van der Waals surface area contributed by atoms with Gasteiger partial charge >= 0.3 is 5.97 Å². The van der Waals surface area contributed by atoms with Gasteiger partial charge in [0.15, 0.2) is 0 Å². The second kappa shape index (κ2) is 4.70. The molecule has 0 saturated carbocycles. The maximum Gasteiger partial charge on any atom is 0.337 e. The number of nitrogens with one attached hydrogen (secondary N) is 1. The van der Waals surface area contributed by atoms with Crippen LogP contribution in [0.3, 0.4) is 0 Å². The van der Waals surface area contributed by atoms with Crippen molar-refractivity contribution in [2.75, 3.05) is 5.32 Å². The van der Waals surface area contributed by atoms with Gasteiger partial charge in [-0.2, -0.15) is 0 Å². The Hall–Kier alpha value is -2.63. The number of carbonyl (C=O) groups excluding carboxylic acids is 1. The average molecular weight is 246 g/mol. The highest BCUT2D eigenvalue weighted by atomic mass is 16.4. The van der Waals surface area contributed by atoms with Crippen LogP contribution in [0.15, 0.2) is 35.1 Å². The Kier molecular flexibility index (Phi) is 3.09. The van der Waals surface area contributed by atoms with Crippen molar-refractivity contribution in [3.63, 3.8) is 0 Å². The molecule has 6 heteroatoms. The molecule has 0 fully saturated rings. The van der Waals surface area contributed by atoms with Crippen molar-refractivity contribution in [2.24, 2.45) is 0 Å². The third-order valence-corrected chi connectivity index (χ3v) is 2.36. The Morgan fingerprint density at radius 1 is 1.33 bits per heavy atom. The zero-order chi connectivity index (χ0) is 13.1. The summed E-state index contributed by atoms with van der Waals surface area (Å²) in [7, 11) is 0. The summed E-state index contributed by atoms with van der Waals surface area (Å²) in [5.74, 6) is -0.622. The smallest absolute Gasteiger partial charge is 0.337 e. The van der Waals surface area contributed by atoms with Gasteiger partial charge < -0.3 is 14.8 Å². The highest BCUT2D eigenvalue weighted by Gasteiger charge is 2.12. The third kappa shape index (κ3) is 2.37. The summed E-state index contributed by atoms with van der Waals surface area (Å²) in [5.41, 5.74) is 0.478. The molecule has 0 aliphatic carbocycles. The van der Waals surface area contributed by atoms with E-state index in [2.05, 4.69) is 10.3 Å². The van der Waals surface area contributed by atoms with Gasteiger partial charge in [-0.25, -0.2) is 9.78 Å². The molecule has 2 aromatic heterocycles. The van der Waals surface area contributed by atoms with Crippen LogP contribution >= 0.6 is 0 Å². The van der Waals surface area contributed by atoms with Crippen molar-refractivity contribution in [1.29, 1.82) is 0 Å². The average Bonchev–Trinajstić information content (AvgIpc) is 2.76. The maximum atomic E-state index is 11.8. The molecule has 0 saturated heterocycles. The predicted molar refractivity (Wildman–Crippen MR) is 62.6 cm³/mol. The zero-order valence-corrected chi connectivity index (χ0v) is 9.51. The maximum absolute atomic E-state index is 11.8. The van der Waals surface area contributed by atoms with E-state index in [9.17, 15) is 9.59 Å². The molecule has 6 nitrogen and oxygen atoms in total. The van der Waals surface area contributed by atoms with Crippen molar-refractivity contribution in [3.8, 4) is 0 Å². The van der Waals surface area contributed by atoms with Gasteiger partial charge in [-0.3, -0.25) is 4.79 Å². The van der Waals surface area contributed by atoms with Crippen LogP contribution in [0.25, 0.3) is 0 Å². The van der Waals surface area contributed by atoms with E-state index in [0.29, 0.717) is 11.3 Å². The van der Waals surface area contributed by atoms with Gasteiger partial charge in [0.25, 0.3) is 5.91 Å². The number of aromatic nitrogens is 1. The summed E-state index contributed by atoms with van der Waals surface area (Å²) in [6.07, 6.45) is 2.60. The van der Waals surface area contributed by atoms with Crippen LogP contribution in [0.4, 0.5) is 5.82 Å². The van der Waals surface area contributed by atoms with Gasteiger partial charge in [0.05, 0.1) is 17.4 Å². The first-order chi connectivity index (χ1) is 8.58. The fraction of sp³-hybridized carbons (Fsp3) is 0.0833. The van der Waals surface area contributed by atoms with Crippen molar-refractivity contribution >= 4 is 17.7 Å². The second-order valence-electron chi connectivity index (χ2n) is 3.58. The summed E-state index contributed by atoms with van der Waals surface area (Å²) >= 11 is 0. The topological polar surface area (TPSA) is 92.4 Å². The van der Waals surface area contributed by atoms with E-state index in [-0.39, 0.29) is 17.3 Å². The van der Waals surface area contributed by atoms with E-state index >= 15 is 0 Å². The van der Waals surface area contributed by atoms with Gasteiger partial charge in [-0.05, 0) is 25.1 Å². The Balaban J connectivity index is 2.13. The normalized spacial score (nSPS) is 10.1. The van der Waals surface area contributed by atoms with Crippen molar-refractivity contribution in [2.45, 2.75) is 6.92 Å². The summed E-state index contributed by atoms with van der Waals surface area (Å²) in [4.78, 5) is 26.2. The lowest BCUT2D eigenvalue weighted by atomic mass is 10.2. The van der Waals surface area contributed by atoms with Gasteiger partial charge in [-0.15, -0.1) is 0 Å². The molecule has 0 bridgehead atoms. The molecule has 2 rings (SSSR count).